The molecule has 0 saturated carbocycles. The number of carbonyl (C=O) groups excluding carboxylic acids is 1. The second kappa shape index (κ2) is 5.87. The molecule has 15 heavy (non-hydrogen) atoms. The molecule has 0 radical (unpaired) electrons. The van der Waals surface area contributed by atoms with Crippen molar-refractivity contribution in [3.8, 4) is 0 Å². The van der Waals surface area contributed by atoms with Gasteiger partial charge in [-0.3, -0.25) is 0 Å². The minimum Gasteiger partial charge on any atom is -0.462 e. The monoisotopic (exact) mass is 354 g/mol. The number of halogens is 3. The van der Waals surface area contributed by atoms with Gasteiger partial charge in [-0.2, -0.15) is 0 Å². The standard InChI is InChI=1S/C10H9Br2ClO2/c1-2-15-10(14)9-6(5-13)7(11)3-4-8(9)12/h3-4H,2,5H2,1H3. The first-order valence-electron chi connectivity index (χ1n) is 4.31. The highest BCUT2D eigenvalue weighted by atomic mass is 79.9. The van der Waals surface area contributed by atoms with E-state index in [1.807, 2.05) is 6.07 Å². The minimum absolute atomic E-state index is 0.258. The molecule has 0 fully saturated rings. The zero-order valence-electron chi connectivity index (χ0n) is 8.02. The van der Waals surface area contributed by atoms with Crippen LogP contribution in [0.15, 0.2) is 21.1 Å². The maximum absolute atomic E-state index is 11.7. The summed E-state index contributed by atoms with van der Waals surface area (Å²) in [6.45, 7) is 2.11. The first-order valence-corrected chi connectivity index (χ1v) is 6.43. The molecule has 2 nitrogen and oxygen atoms in total. The van der Waals surface area contributed by atoms with Gasteiger partial charge in [0.25, 0.3) is 0 Å². The van der Waals surface area contributed by atoms with Crippen molar-refractivity contribution >= 4 is 49.4 Å². The quantitative estimate of drug-likeness (QED) is 0.601. The molecule has 82 valence electrons. The second-order valence-corrected chi connectivity index (χ2v) is 4.71. The van der Waals surface area contributed by atoms with E-state index < -0.39 is 0 Å². The molecule has 0 amide bonds. The molecule has 1 aromatic rings. The number of alkyl halides is 1. The van der Waals surface area contributed by atoms with Crippen molar-refractivity contribution in [1.82, 2.24) is 0 Å². The molecule has 1 aromatic carbocycles. The molecule has 0 N–H and O–H groups in total. The summed E-state index contributed by atoms with van der Waals surface area (Å²) in [4.78, 5) is 11.7. The summed E-state index contributed by atoms with van der Waals surface area (Å²) >= 11 is 12.5. The number of carbonyl (C=O) groups is 1. The molecule has 0 spiro atoms. The van der Waals surface area contributed by atoms with Crippen LogP contribution in [0.5, 0.6) is 0 Å². The predicted molar refractivity (Wildman–Crippen MR) is 67.4 cm³/mol. The van der Waals surface area contributed by atoms with E-state index in [4.69, 9.17) is 16.3 Å². The molecular weight excluding hydrogens is 347 g/mol. The summed E-state index contributed by atoms with van der Waals surface area (Å²) < 4.78 is 6.46. The summed E-state index contributed by atoms with van der Waals surface area (Å²) in [5, 5.41) is 0. The van der Waals surface area contributed by atoms with Crippen LogP contribution in [0.1, 0.15) is 22.8 Å². The van der Waals surface area contributed by atoms with Crippen LogP contribution in [0.2, 0.25) is 0 Å². The molecule has 0 aliphatic heterocycles. The van der Waals surface area contributed by atoms with Gasteiger partial charge in [-0.15, -0.1) is 11.6 Å². The van der Waals surface area contributed by atoms with Crippen molar-refractivity contribution in [1.29, 1.82) is 0 Å². The number of hydrogen-bond acceptors (Lipinski definition) is 2. The second-order valence-electron chi connectivity index (χ2n) is 2.74. The fourth-order valence-corrected chi connectivity index (χ4v) is 2.59. The lowest BCUT2D eigenvalue weighted by Gasteiger charge is -2.10. The average Bonchev–Trinajstić information content (AvgIpc) is 2.21. The molecule has 0 saturated heterocycles. The first kappa shape index (κ1) is 13.0. The van der Waals surface area contributed by atoms with Crippen LogP contribution >= 0.6 is 43.5 Å². The van der Waals surface area contributed by atoms with Crippen molar-refractivity contribution in [3.05, 3.63) is 32.2 Å². The molecule has 5 heteroatoms. The van der Waals surface area contributed by atoms with E-state index in [9.17, 15) is 4.79 Å². The highest BCUT2D eigenvalue weighted by molar-refractivity contribution is 9.11. The Bertz CT molecular complexity index is 380. The number of rotatable bonds is 3. The van der Waals surface area contributed by atoms with E-state index in [-0.39, 0.29) is 11.8 Å². The topological polar surface area (TPSA) is 26.3 Å². The van der Waals surface area contributed by atoms with E-state index in [1.54, 1.807) is 13.0 Å². The zero-order chi connectivity index (χ0) is 11.4. The van der Waals surface area contributed by atoms with Crippen LogP contribution in [-0.2, 0) is 10.6 Å². The molecule has 0 aromatic heterocycles. The van der Waals surface area contributed by atoms with E-state index in [1.165, 1.54) is 0 Å². The first-order chi connectivity index (χ1) is 7.11. The predicted octanol–water partition coefficient (Wildman–Crippen LogP) is 4.13. The highest BCUT2D eigenvalue weighted by Crippen LogP contribution is 2.29. The Labute approximate surface area is 110 Å². The fraction of sp³-hybridized carbons (Fsp3) is 0.300. The Morgan fingerprint density at radius 2 is 2.00 bits per heavy atom. The van der Waals surface area contributed by atoms with Crippen LogP contribution < -0.4 is 0 Å². The third kappa shape index (κ3) is 2.95. The van der Waals surface area contributed by atoms with Crippen LogP contribution in [0.4, 0.5) is 0 Å². The molecular formula is C10H9Br2ClO2. The maximum Gasteiger partial charge on any atom is 0.339 e. The van der Waals surface area contributed by atoms with E-state index in [0.29, 0.717) is 16.6 Å². The molecule has 0 heterocycles. The Kier molecular flexibility index (Phi) is 5.09. The number of hydrogen-bond donors (Lipinski definition) is 0. The highest BCUT2D eigenvalue weighted by Gasteiger charge is 2.18. The van der Waals surface area contributed by atoms with Crippen LogP contribution in [0.25, 0.3) is 0 Å². The van der Waals surface area contributed by atoms with Gasteiger partial charge >= 0.3 is 5.97 Å². The lowest BCUT2D eigenvalue weighted by Crippen LogP contribution is -2.09. The van der Waals surface area contributed by atoms with Crippen LogP contribution in [0.3, 0.4) is 0 Å². The molecule has 0 aliphatic rings. The van der Waals surface area contributed by atoms with Crippen molar-refractivity contribution in [2.45, 2.75) is 12.8 Å². The van der Waals surface area contributed by atoms with Gasteiger partial charge in [-0.1, -0.05) is 15.9 Å². The minimum atomic E-state index is -0.360. The zero-order valence-corrected chi connectivity index (χ0v) is 11.9. The lowest BCUT2D eigenvalue weighted by atomic mass is 10.1. The van der Waals surface area contributed by atoms with Crippen molar-refractivity contribution < 1.29 is 9.53 Å². The molecule has 0 unspecified atom stereocenters. The summed E-state index contributed by atoms with van der Waals surface area (Å²) in [6, 6.07) is 3.62. The normalized spacial score (nSPS) is 10.1. The van der Waals surface area contributed by atoms with Crippen molar-refractivity contribution in [2.75, 3.05) is 6.61 Å². The van der Waals surface area contributed by atoms with E-state index in [2.05, 4.69) is 31.9 Å². The third-order valence-corrected chi connectivity index (χ3v) is 3.49. The lowest BCUT2D eigenvalue weighted by molar-refractivity contribution is 0.0524. The summed E-state index contributed by atoms with van der Waals surface area (Å²) in [5.74, 6) is -0.102. The summed E-state index contributed by atoms with van der Waals surface area (Å²) in [6.07, 6.45) is 0. The molecule has 0 aliphatic carbocycles. The number of esters is 1. The third-order valence-electron chi connectivity index (χ3n) is 1.82. The fourth-order valence-electron chi connectivity index (χ4n) is 1.15. The van der Waals surface area contributed by atoms with Gasteiger partial charge in [0.05, 0.1) is 12.2 Å². The van der Waals surface area contributed by atoms with Gasteiger partial charge in [0.2, 0.25) is 0 Å². The van der Waals surface area contributed by atoms with Crippen LogP contribution in [0, 0.1) is 0 Å². The Morgan fingerprint density at radius 3 is 2.53 bits per heavy atom. The SMILES string of the molecule is CCOC(=O)c1c(Br)ccc(Br)c1CCl. The summed E-state index contributed by atoms with van der Waals surface area (Å²) in [7, 11) is 0. The van der Waals surface area contributed by atoms with E-state index in [0.717, 1.165) is 10.0 Å². The molecule has 0 bridgehead atoms. The van der Waals surface area contributed by atoms with Gasteiger partial charge in [-0.05, 0) is 40.5 Å². The van der Waals surface area contributed by atoms with Crippen LogP contribution in [-0.4, -0.2) is 12.6 Å². The Balaban J connectivity index is 3.24. The van der Waals surface area contributed by atoms with Gasteiger partial charge < -0.3 is 4.74 Å². The van der Waals surface area contributed by atoms with E-state index >= 15 is 0 Å². The van der Waals surface area contributed by atoms with Gasteiger partial charge in [0.1, 0.15) is 0 Å². The van der Waals surface area contributed by atoms with Crippen molar-refractivity contribution in [3.63, 3.8) is 0 Å². The van der Waals surface area contributed by atoms with Gasteiger partial charge in [0, 0.05) is 14.8 Å². The maximum atomic E-state index is 11.7. The summed E-state index contributed by atoms with van der Waals surface area (Å²) in [5.41, 5.74) is 1.23. The Morgan fingerprint density at radius 1 is 1.40 bits per heavy atom. The number of benzene rings is 1. The van der Waals surface area contributed by atoms with Gasteiger partial charge in [0.15, 0.2) is 0 Å². The van der Waals surface area contributed by atoms with Crippen molar-refractivity contribution in [2.24, 2.45) is 0 Å². The molecule has 0 atom stereocenters. The smallest absolute Gasteiger partial charge is 0.339 e. The largest absolute Gasteiger partial charge is 0.462 e. The molecule has 1 rings (SSSR count). The Hall–Kier alpha value is -0.0600. The average molecular weight is 356 g/mol. The number of ether oxygens (including phenoxy) is 1. The van der Waals surface area contributed by atoms with Gasteiger partial charge in [-0.25, -0.2) is 4.79 Å².